The van der Waals surface area contributed by atoms with Crippen LogP contribution < -0.4 is 0 Å². The van der Waals surface area contributed by atoms with Crippen LogP contribution >= 0.6 is 0 Å². The predicted molar refractivity (Wildman–Crippen MR) is 94.6 cm³/mol. The third-order valence-electron chi connectivity index (χ3n) is 5.47. The van der Waals surface area contributed by atoms with Gasteiger partial charge in [-0.25, -0.2) is 0 Å². The summed E-state index contributed by atoms with van der Waals surface area (Å²) in [6.07, 6.45) is 5.62. The topological polar surface area (TPSA) is 40.6 Å². The molecule has 2 heterocycles. The van der Waals surface area contributed by atoms with Crippen LogP contribution in [-0.4, -0.2) is 47.8 Å². The lowest BCUT2D eigenvalue weighted by molar-refractivity contribution is -0.141. The van der Waals surface area contributed by atoms with E-state index in [-0.39, 0.29) is 11.8 Å². The molecule has 0 aromatic heterocycles. The molecule has 0 N–H and O–H groups in total. The van der Waals surface area contributed by atoms with Crippen molar-refractivity contribution in [1.29, 1.82) is 0 Å². The number of hydrogen-bond acceptors (Lipinski definition) is 2. The molecule has 3 rings (SSSR count). The van der Waals surface area contributed by atoms with E-state index in [4.69, 9.17) is 0 Å². The number of nitrogens with zero attached hydrogens (tertiary/aromatic N) is 2. The molecule has 2 aliphatic heterocycles. The maximum atomic E-state index is 12.6. The fourth-order valence-corrected chi connectivity index (χ4v) is 3.83. The highest BCUT2D eigenvalue weighted by Gasteiger charge is 2.30. The Morgan fingerprint density at radius 3 is 2.29 bits per heavy atom. The molecule has 2 aliphatic rings. The van der Waals surface area contributed by atoms with E-state index < -0.39 is 0 Å². The Morgan fingerprint density at radius 2 is 1.62 bits per heavy atom. The van der Waals surface area contributed by atoms with Crippen LogP contribution in [0.1, 0.15) is 43.2 Å². The molecular formula is C20H28N2O2. The van der Waals surface area contributed by atoms with Gasteiger partial charge in [0.1, 0.15) is 0 Å². The van der Waals surface area contributed by atoms with Gasteiger partial charge in [-0.15, -0.1) is 0 Å². The first-order valence-electron chi connectivity index (χ1n) is 9.26. The Labute approximate surface area is 144 Å². The first-order valence-corrected chi connectivity index (χ1v) is 9.26. The summed E-state index contributed by atoms with van der Waals surface area (Å²) >= 11 is 0. The van der Waals surface area contributed by atoms with Crippen LogP contribution in [-0.2, 0) is 16.0 Å². The third-order valence-corrected chi connectivity index (χ3v) is 5.47. The Kier molecular flexibility index (Phi) is 5.54. The third kappa shape index (κ3) is 3.97. The Bertz CT molecular complexity index is 585. The zero-order chi connectivity index (χ0) is 16.9. The predicted octanol–water partition coefficient (Wildman–Crippen LogP) is 2.79. The van der Waals surface area contributed by atoms with Crippen molar-refractivity contribution in [2.45, 2.75) is 45.4 Å². The lowest BCUT2D eigenvalue weighted by atomic mass is 9.94. The van der Waals surface area contributed by atoms with Crippen molar-refractivity contribution in [2.24, 2.45) is 5.92 Å². The first kappa shape index (κ1) is 17.0. The van der Waals surface area contributed by atoms with Crippen molar-refractivity contribution >= 4 is 11.8 Å². The zero-order valence-corrected chi connectivity index (χ0v) is 14.7. The van der Waals surface area contributed by atoms with E-state index >= 15 is 0 Å². The molecule has 0 radical (unpaired) electrons. The molecule has 0 aliphatic carbocycles. The van der Waals surface area contributed by atoms with E-state index in [1.165, 1.54) is 12.0 Å². The fraction of sp³-hybridized carbons (Fsp3) is 0.600. The molecule has 0 atom stereocenters. The first-order chi connectivity index (χ1) is 11.6. The van der Waals surface area contributed by atoms with Crippen molar-refractivity contribution in [3.63, 3.8) is 0 Å². The number of benzene rings is 1. The Hall–Kier alpha value is -1.84. The van der Waals surface area contributed by atoms with Gasteiger partial charge in [0.05, 0.1) is 6.42 Å². The van der Waals surface area contributed by atoms with Crippen molar-refractivity contribution < 1.29 is 9.59 Å². The SMILES string of the molecule is Cc1ccccc1CC(=O)N1CCC(C(=O)N2CCCCC2)CC1. The molecule has 0 spiro atoms. The van der Waals surface area contributed by atoms with E-state index in [2.05, 4.69) is 0 Å². The molecule has 2 saturated heterocycles. The zero-order valence-electron chi connectivity index (χ0n) is 14.7. The number of carbonyl (C=O) groups excluding carboxylic acids is 2. The van der Waals surface area contributed by atoms with E-state index in [1.807, 2.05) is 41.0 Å². The normalized spacial score (nSPS) is 19.4. The summed E-state index contributed by atoms with van der Waals surface area (Å²) in [5.41, 5.74) is 2.27. The molecule has 4 nitrogen and oxygen atoms in total. The number of piperidine rings is 2. The highest BCUT2D eigenvalue weighted by Crippen LogP contribution is 2.22. The Morgan fingerprint density at radius 1 is 0.958 bits per heavy atom. The van der Waals surface area contributed by atoms with Gasteiger partial charge in [-0.05, 0) is 50.2 Å². The number of aryl methyl sites for hydroxylation is 1. The molecular weight excluding hydrogens is 300 g/mol. The monoisotopic (exact) mass is 328 g/mol. The second-order valence-corrected chi connectivity index (χ2v) is 7.14. The molecule has 2 fully saturated rings. The largest absolute Gasteiger partial charge is 0.342 e. The average molecular weight is 328 g/mol. The van der Waals surface area contributed by atoms with Crippen LogP contribution in [0, 0.1) is 12.8 Å². The molecule has 24 heavy (non-hydrogen) atoms. The highest BCUT2D eigenvalue weighted by atomic mass is 16.2. The molecule has 2 amide bonds. The number of hydrogen-bond donors (Lipinski definition) is 0. The summed E-state index contributed by atoms with van der Waals surface area (Å²) in [6, 6.07) is 8.06. The van der Waals surface area contributed by atoms with Crippen LogP contribution in [0.2, 0.25) is 0 Å². The van der Waals surface area contributed by atoms with Crippen molar-refractivity contribution in [2.75, 3.05) is 26.2 Å². The molecule has 130 valence electrons. The van der Waals surface area contributed by atoms with E-state index in [0.717, 1.165) is 57.4 Å². The van der Waals surface area contributed by atoms with Gasteiger partial charge in [0.25, 0.3) is 0 Å². The summed E-state index contributed by atoms with van der Waals surface area (Å²) in [7, 11) is 0. The number of rotatable bonds is 3. The van der Waals surface area contributed by atoms with Crippen LogP contribution in [0.5, 0.6) is 0 Å². The number of likely N-dealkylation sites (tertiary alicyclic amines) is 2. The van der Waals surface area contributed by atoms with E-state index in [1.54, 1.807) is 0 Å². The van der Waals surface area contributed by atoms with Crippen molar-refractivity contribution in [3.8, 4) is 0 Å². The lowest BCUT2D eigenvalue weighted by Crippen LogP contribution is -2.46. The quantitative estimate of drug-likeness (QED) is 0.856. The Balaban J connectivity index is 1.50. The maximum absolute atomic E-state index is 12.6. The molecule has 0 unspecified atom stereocenters. The smallest absolute Gasteiger partial charge is 0.226 e. The van der Waals surface area contributed by atoms with Gasteiger partial charge in [-0.2, -0.15) is 0 Å². The molecule has 4 heteroatoms. The van der Waals surface area contributed by atoms with Gasteiger partial charge in [-0.3, -0.25) is 9.59 Å². The summed E-state index contributed by atoms with van der Waals surface area (Å²) in [5.74, 6) is 0.625. The standard InChI is InChI=1S/C20H28N2O2/c1-16-7-3-4-8-18(16)15-19(23)21-13-9-17(10-14-21)20(24)22-11-5-2-6-12-22/h3-4,7-8,17H,2,5-6,9-15H2,1H3. The van der Waals surface area contributed by atoms with Crippen LogP contribution in [0.25, 0.3) is 0 Å². The number of carbonyl (C=O) groups is 2. The van der Waals surface area contributed by atoms with Crippen LogP contribution in [0.3, 0.4) is 0 Å². The van der Waals surface area contributed by atoms with Crippen molar-refractivity contribution in [3.05, 3.63) is 35.4 Å². The van der Waals surface area contributed by atoms with Gasteiger partial charge in [0.2, 0.25) is 11.8 Å². The van der Waals surface area contributed by atoms with E-state index in [9.17, 15) is 9.59 Å². The van der Waals surface area contributed by atoms with Crippen molar-refractivity contribution in [1.82, 2.24) is 9.80 Å². The van der Waals surface area contributed by atoms with Gasteiger partial charge < -0.3 is 9.80 Å². The summed E-state index contributed by atoms with van der Waals surface area (Å²) in [5, 5.41) is 0. The van der Waals surface area contributed by atoms with Gasteiger partial charge in [0, 0.05) is 32.1 Å². The highest BCUT2D eigenvalue weighted by molar-refractivity contribution is 5.81. The molecule has 0 bridgehead atoms. The summed E-state index contributed by atoms with van der Waals surface area (Å²) in [6.45, 7) is 5.33. The van der Waals surface area contributed by atoms with Crippen LogP contribution in [0.15, 0.2) is 24.3 Å². The van der Waals surface area contributed by atoms with Gasteiger partial charge >= 0.3 is 0 Å². The van der Waals surface area contributed by atoms with Gasteiger partial charge in [0.15, 0.2) is 0 Å². The average Bonchev–Trinajstić information content (AvgIpc) is 2.64. The van der Waals surface area contributed by atoms with Crippen LogP contribution in [0.4, 0.5) is 0 Å². The molecule has 0 saturated carbocycles. The maximum Gasteiger partial charge on any atom is 0.226 e. The molecule has 1 aromatic rings. The number of amides is 2. The summed E-state index contributed by atoms with van der Waals surface area (Å²) < 4.78 is 0. The molecule has 1 aromatic carbocycles. The second-order valence-electron chi connectivity index (χ2n) is 7.14. The fourth-order valence-electron chi connectivity index (χ4n) is 3.83. The van der Waals surface area contributed by atoms with Gasteiger partial charge in [-0.1, -0.05) is 24.3 Å². The minimum atomic E-state index is 0.116. The minimum Gasteiger partial charge on any atom is -0.342 e. The second kappa shape index (κ2) is 7.82. The lowest BCUT2D eigenvalue weighted by Gasteiger charge is -2.35. The summed E-state index contributed by atoms with van der Waals surface area (Å²) in [4.78, 5) is 29.1. The van der Waals surface area contributed by atoms with E-state index in [0.29, 0.717) is 12.3 Å². The minimum absolute atomic E-state index is 0.116.